The van der Waals surface area contributed by atoms with Gasteiger partial charge in [0.05, 0.1) is 14.2 Å². The van der Waals surface area contributed by atoms with Crippen LogP contribution in [-0.2, 0) is 9.59 Å². The fourth-order valence-electron chi connectivity index (χ4n) is 2.20. The van der Waals surface area contributed by atoms with Crippen molar-refractivity contribution in [2.75, 3.05) is 28.3 Å². The molecule has 23 heavy (non-hydrogen) atoms. The van der Waals surface area contributed by atoms with Gasteiger partial charge in [-0.1, -0.05) is 11.6 Å². The Hall–Kier alpha value is -2.54. The van der Waals surface area contributed by atoms with Gasteiger partial charge in [-0.2, -0.15) is 0 Å². The van der Waals surface area contributed by atoms with Crippen molar-refractivity contribution in [3.05, 3.63) is 28.3 Å². The number of barbiturate groups is 1. The summed E-state index contributed by atoms with van der Waals surface area (Å²) < 4.78 is 10.4. The Morgan fingerprint density at radius 2 is 1.57 bits per heavy atom. The highest BCUT2D eigenvalue weighted by Gasteiger charge is 2.38. The number of amides is 4. The van der Waals surface area contributed by atoms with Crippen LogP contribution < -0.4 is 9.47 Å². The van der Waals surface area contributed by atoms with Gasteiger partial charge in [0, 0.05) is 30.7 Å². The first-order chi connectivity index (χ1) is 10.8. The highest BCUT2D eigenvalue weighted by molar-refractivity contribution is 6.32. The highest BCUT2D eigenvalue weighted by Crippen LogP contribution is 2.36. The lowest BCUT2D eigenvalue weighted by Gasteiger charge is -2.29. The van der Waals surface area contributed by atoms with Gasteiger partial charge >= 0.3 is 6.03 Å². The van der Waals surface area contributed by atoms with E-state index in [0.29, 0.717) is 22.1 Å². The maximum atomic E-state index is 12.2. The molecular weight excluding hydrogens is 324 g/mol. The standard InChI is InChI=1S/C15H15ClN2O5/c1-17-13(19)10(14(20)18(2)15(17)21)6-8-5-9(16)7-11(22-3)12(8)23-4/h5-7H,1-4H3. The molecule has 0 unspecified atom stereocenters. The Kier molecular flexibility index (Phi) is 4.60. The van der Waals surface area contributed by atoms with Gasteiger partial charge in [-0.05, 0) is 12.1 Å². The quantitative estimate of drug-likeness (QED) is 0.620. The Morgan fingerprint density at radius 3 is 2.04 bits per heavy atom. The number of rotatable bonds is 3. The topological polar surface area (TPSA) is 76.2 Å². The normalized spacial score (nSPS) is 15.2. The summed E-state index contributed by atoms with van der Waals surface area (Å²) in [7, 11) is 5.48. The van der Waals surface area contributed by atoms with E-state index >= 15 is 0 Å². The number of benzene rings is 1. The van der Waals surface area contributed by atoms with E-state index in [4.69, 9.17) is 21.1 Å². The molecule has 1 fully saturated rings. The minimum atomic E-state index is -0.695. The zero-order chi connectivity index (χ0) is 17.3. The van der Waals surface area contributed by atoms with E-state index in [0.717, 1.165) is 9.80 Å². The van der Waals surface area contributed by atoms with Gasteiger partial charge in [0.15, 0.2) is 11.5 Å². The number of nitrogens with zero attached hydrogens (tertiary/aromatic N) is 2. The van der Waals surface area contributed by atoms with Crippen LogP contribution in [0.5, 0.6) is 11.5 Å². The van der Waals surface area contributed by atoms with E-state index < -0.39 is 17.8 Å². The van der Waals surface area contributed by atoms with E-state index in [9.17, 15) is 14.4 Å². The van der Waals surface area contributed by atoms with Crippen LogP contribution in [-0.4, -0.2) is 56.0 Å². The molecule has 0 saturated carbocycles. The van der Waals surface area contributed by atoms with Crippen LogP contribution in [0.2, 0.25) is 5.02 Å². The number of imide groups is 2. The van der Waals surface area contributed by atoms with Crippen molar-refractivity contribution in [3.8, 4) is 11.5 Å². The second-order valence-electron chi connectivity index (χ2n) is 4.80. The molecule has 7 nitrogen and oxygen atoms in total. The molecule has 1 saturated heterocycles. The van der Waals surface area contributed by atoms with Crippen molar-refractivity contribution in [3.63, 3.8) is 0 Å². The van der Waals surface area contributed by atoms with Crippen molar-refractivity contribution in [2.24, 2.45) is 0 Å². The Bertz CT molecular complexity index is 703. The monoisotopic (exact) mass is 338 g/mol. The lowest BCUT2D eigenvalue weighted by molar-refractivity contribution is -0.134. The first kappa shape index (κ1) is 16.8. The number of carbonyl (C=O) groups is 3. The third-order valence-corrected chi connectivity index (χ3v) is 3.63. The summed E-state index contributed by atoms with van der Waals surface area (Å²) >= 11 is 6.02. The SMILES string of the molecule is COc1cc(Cl)cc(C=C2C(=O)N(C)C(=O)N(C)C2=O)c1OC. The molecule has 0 atom stereocenters. The molecule has 0 aromatic heterocycles. The van der Waals surface area contributed by atoms with Crippen LogP contribution in [0.15, 0.2) is 17.7 Å². The number of methoxy groups -OCH3 is 2. The van der Waals surface area contributed by atoms with E-state index in [1.807, 2.05) is 0 Å². The number of likely N-dealkylation sites (N-methyl/N-ethyl adjacent to an activating group) is 2. The van der Waals surface area contributed by atoms with Crippen molar-refractivity contribution >= 4 is 35.5 Å². The van der Waals surface area contributed by atoms with Crippen LogP contribution >= 0.6 is 11.6 Å². The largest absolute Gasteiger partial charge is 0.493 e. The van der Waals surface area contributed by atoms with Crippen molar-refractivity contribution in [2.45, 2.75) is 0 Å². The molecule has 1 heterocycles. The summed E-state index contributed by atoms with van der Waals surface area (Å²) in [6, 6.07) is 2.40. The predicted molar refractivity (Wildman–Crippen MR) is 83.5 cm³/mol. The first-order valence-electron chi connectivity index (χ1n) is 6.55. The van der Waals surface area contributed by atoms with E-state index in [-0.39, 0.29) is 5.57 Å². The number of hydrogen-bond acceptors (Lipinski definition) is 5. The van der Waals surface area contributed by atoms with Gasteiger partial charge in [0.1, 0.15) is 5.57 Å². The highest BCUT2D eigenvalue weighted by atomic mass is 35.5. The fourth-order valence-corrected chi connectivity index (χ4v) is 2.41. The fraction of sp³-hybridized carbons (Fsp3) is 0.267. The van der Waals surface area contributed by atoms with Crippen LogP contribution in [0.4, 0.5) is 4.79 Å². The second-order valence-corrected chi connectivity index (χ2v) is 5.24. The van der Waals surface area contributed by atoms with Gasteiger partial charge in [-0.15, -0.1) is 0 Å². The summed E-state index contributed by atoms with van der Waals surface area (Å²) in [5.74, 6) is -0.703. The average molecular weight is 339 g/mol. The summed E-state index contributed by atoms with van der Waals surface area (Å²) in [5.41, 5.74) is 0.224. The molecule has 2 rings (SSSR count). The van der Waals surface area contributed by atoms with E-state index in [2.05, 4.69) is 0 Å². The Labute approximate surface area is 138 Å². The summed E-state index contributed by atoms with van der Waals surface area (Å²) in [6.07, 6.45) is 1.33. The second kappa shape index (κ2) is 6.29. The lowest BCUT2D eigenvalue weighted by atomic mass is 10.1. The predicted octanol–water partition coefficient (Wildman–Crippen LogP) is 1.79. The Balaban J connectivity index is 2.61. The number of ether oxygens (including phenoxy) is 2. The van der Waals surface area contributed by atoms with Crippen molar-refractivity contribution in [1.82, 2.24) is 9.80 Å². The molecule has 8 heteroatoms. The molecule has 0 spiro atoms. The number of hydrogen-bond donors (Lipinski definition) is 0. The van der Waals surface area contributed by atoms with Crippen LogP contribution in [0, 0.1) is 0 Å². The molecule has 122 valence electrons. The van der Waals surface area contributed by atoms with Gasteiger partial charge in [-0.25, -0.2) is 4.79 Å². The zero-order valence-corrected chi connectivity index (χ0v) is 13.8. The molecule has 0 bridgehead atoms. The molecule has 4 amide bonds. The van der Waals surface area contributed by atoms with Gasteiger partial charge in [0.25, 0.3) is 11.8 Å². The van der Waals surface area contributed by atoms with Crippen molar-refractivity contribution < 1.29 is 23.9 Å². The molecule has 1 aliphatic heterocycles. The molecule has 1 aromatic carbocycles. The zero-order valence-electron chi connectivity index (χ0n) is 13.0. The third kappa shape index (κ3) is 2.87. The number of carbonyl (C=O) groups excluding carboxylic acids is 3. The van der Waals surface area contributed by atoms with Crippen LogP contribution in [0.1, 0.15) is 5.56 Å². The first-order valence-corrected chi connectivity index (χ1v) is 6.92. The van der Waals surface area contributed by atoms with E-state index in [1.165, 1.54) is 40.5 Å². The van der Waals surface area contributed by atoms with Gasteiger partial charge in [0.2, 0.25) is 0 Å². The average Bonchev–Trinajstić information content (AvgIpc) is 2.54. The lowest BCUT2D eigenvalue weighted by Crippen LogP contribution is -2.52. The van der Waals surface area contributed by atoms with Crippen LogP contribution in [0.3, 0.4) is 0 Å². The smallest absolute Gasteiger partial charge is 0.333 e. The molecule has 0 N–H and O–H groups in total. The summed E-state index contributed by atoms with van der Waals surface area (Å²) in [6.45, 7) is 0. The van der Waals surface area contributed by atoms with Crippen molar-refractivity contribution in [1.29, 1.82) is 0 Å². The molecular formula is C15H15ClN2O5. The van der Waals surface area contributed by atoms with Gasteiger partial charge < -0.3 is 9.47 Å². The van der Waals surface area contributed by atoms with Crippen LogP contribution in [0.25, 0.3) is 6.08 Å². The summed E-state index contributed by atoms with van der Waals surface area (Å²) in [5, 5.41) is 0.350. The summed E-state index contributed by atoms with van der Waals surface area (Å²) in [4.78, 5) is 37.9. The maximum Gasteiger partial charge on any atom is 0.333 e. The molecule has 1 aromatic rings. The number of urea groups is 1. The minimum Gasteiger partial charge on any atom is -0.493 e. The number of halogens is 1. The van der Waals surface area contributed by atoms with Gasteiger partial charge in [-0.3, -0.25) is 19.4 Å². The van der Waals surface area contributed by atoms with E-state index in [1.54, 1.807) is 6.07 Å². The maximum absolute atomic E-state index is 12.2. The molecule has 1 aliphatic rings. The third-order valence-electron chi connectivity index (χ3n) is 3.42. The Morgan fingerprint density at radius 1 is 1.00 bits per heavy atom. The molecule has 0 radical (unpaired) electrons. The minimum absolute atomic E-state index is 0.169. The molecule has 0 aliphatic carbocycles.